The Labute approximate surface area is 169 Å². The largest absolute Gasteiger partial charge is 0.384 e. The molecule has 3 rings (SSSR count). The molecule has 0 bridgehead atoms. The number of ether oxygens (including phenoxy) is 1. The number of hydrogen-bond donors (Lipinski definition) is 4. The van der Waals surface area contributed by atoms with E-state index in [1.165, 1.54) is 5.01 Å². The average molecular weight is 395 g/mol. The second kappa shape index (κ2) is 9.81. The highest BCUT2D eigenvalue weighted by Gasteiger charge is 2.31. The standard InChI is InChI=1S/C21H25N5O3/c22-20(23)17-8-6-16(7-9-17)13-24-19(27)12-18-21(28)26(10-11-29-18)25-14-15-4-2-1-3-5-15/h1-9,18,25H,10-14H2,(H3,22,23)(H,24,27)/t18-/m1/s1. The van der Waals surface area contributed by atoms with Crippen molar-refractivity contribution < 1.29 is 14.3 Å². The van der Waals surface area contributed by atoms with E-state index >= 15 is 0 Å². The normalized spacial score (nSPS) is 16.5. The Morgan fingerprint density at radius 3 is 2.48 bits per heavy atom. The summed E-state index contributed by atoms with van der Waals surface area (Å²) in [6.07, 6.45) is -0.833. The van der Waals surface area contributed by atoms with Crippen molar-refractivity contribution >= 4 is 17.6 Å². The van der Waals surface area contributed by atoms with Crippen LogP contribution in [-0.4, -0.2) is 41.9 Å². The average Bonchev–Trinajstić information content (AvgIpc) is 2.74. The van der Waals surface area contributed by atoms with Crippen molar-refractivity contribution in [2.45, 2.75) is 25.6 Å². The molecule has 1 aliphatic heterocycles. The second-order valence-corrected chi connectivity index (χ2v) is 6.76. The van der Waals surface area contributed by atoms with Crippen LogP contribution in [0.2, 0.25) is 0 Å². The third-order valence-electron chi connectivity index (χ3n) is 4.62. The van der Waals surface area contributed by atoms with Crippen molar-refractivity contribution in [1.82, 2.24) is 15.8 Å². The molecule has 0 aliphatic carbocycles. The first-order valence-corrected chi connectivity index (χ1v) is 9.43. The number of hydrogen-bond acceptors (Lipinski definition) is 5. The maximum atomic E-state index is 12.6. The van der Waals surface area contributed by atoms with Crippen LogP contribution in [0.1, 0.15) is 23.1 Å². The topological polar surface area (TPSA) is 121 Å². The first kappa shape index (κ1) is 20.5. The fourth-order valence-corrected chi connectivity index (χ4v) is 2.97. The Balaban J connectivity index is 1.46. The molecule has 1 fully saturated rings. The van der Waals surface area contributed by atoms with Crippen molar-refractivity contribution in [2.75, 3.05) is 13.2 Å². The number of nitrogens with two attached hydrogens (primary N) is 1. The van der Waals surface area contributed by atoms with Crippen LogP contribution in [0, 0.1) is 5.41 Å². The minimum atomic E-state index is -0.799. The molecule has 0 radical (unpaired) electrons. The molecule has 1 heterocycles. The lowest BCUT2D eigenvalue weighted by Gasteiger charge is -2.32. The number of amides is 2. The summed E-state index contributed by atoms with van der Waals surface area (Å²) in [6, 6.07) is 16.8. The zero-order valence-electron chi connectivity index (χ0n) is 16.1. The van der Waals surface area contributed by atoms with E-state index in [-0.39, 0.29) is 24.1 Å². The SMILES string of the molecule is N=C(N)c1ccc(CNC(=O)C[C@H]2OCCN(NCc3ccccc3)C2=O)cc1. The summed E-state index contributed by atoms with van der Waals surface area (Å²) < 4.78 is 5.51. The summed E-state index contributed by atoms with van der Waals surface area (Å²) in [7, 11) is 0. The van der Waals surface area contributed by atoms with Crippen molar-refractivity contribution in [2.24, 2.45) is 5.73 Å². The molecule has 0 saturated carbocycles. The number of carbonyl (C=O) groups is 2. The van der Waals surface area contributed by atoms with E-state index in [0.29, 0.717) is 31.8 Å². The summed E-state index contributed by atoms with van der Waals surface area (Å²) in [5.41, 5.74) is 11.1. The van der Waals surface area contributed by atoms with Crippen molar-refractivity contribution in [3.8, 4) is 0 Å². The van der Waals surface area contributed by atoms with Gasteiger partial charge in [-0.25, -0.2) is 5.43 Å². The van der Waals surface area contributed by atoms with Crippen molar-refractivity contribution in [3.05, 3.63) is 71.3 Å². The molecular weight excluding hydrogens is 370 g/mol. The first-order valence-electron chi connectivity index (χ1n) is 9.43. The molecule has 2 amide bonds. The molecule has 2 aromatic rings. The number of nitrogens with zero attached hydrogens (tertiary/aromatic N) is 1. The van der Waals surface area contributed by atoms with Gasteiger partial charge in [0.25, 0.3) is 5.91 Å². The van der Waals surface area contributed by atoms with Gasteiger partial charge >= 0.3 is 0 Å². The van der Waals surface area contributed by atoms with Crippen molar-refractivity contribution in [1.29, 1.82) is 5.41 Å². The third-order valence-corrected chi connectivity index (χ3v) is 4.62. The summed E-state index contributed by atoms with van der Waals surface area (Å²) in [6.45, 7) is 1.67. The summed E-state index contributed by atoms with van der Waals surface area (Å²) in [4.78, 5) is 24.8. The number of nitrogens with one attached hydrogen (secondary N) is 3. The predicted molar refractivity (Wildman–Crippen MR) is 109 cm³/mol. The van der Waals surface area contributed by atoms with Gasteiger partial charge in [0.2, 0.25) is 5.91 Å². The Bertz CT molecular complexity index is 854. The van der Waals surface area contributed by atoms with Crippen LogP contribution in [0.5, 0.6) is 0 Å². The van der Waals surface area contributed by atoms with Gasteiger partial charge in [-0.2, -0.15) is 0 Å². The molecule has 0 unspecified atom stereocenters. The van der Waals surface area contributed by atoms with Gasteiger partial charge in [0.05, 0.1) is 19.6 Å². The van der Waals surface area contributed by atoms with Crippen LogP contribution in [0.4, 0.5) is 0 Å². The van der Waals surface area contributed by atoms with Gasteiger partial charge in [0, 0.05) is 18.7 Å². The Hall–Kier alpha value is -3.23. The predicted octanol–water partition coefficient (Wildman–Crippen LogP) is 0.909. The van der Waals surface area contributed by atoms with Gasteiger partial charge in [0.1, 0.15) is 11.9 Å². The second-order valence-electron chi connectivity index (χ2n) is 6.76. The lowest BCUT2D eigenvalue weighted by atomic mass is 10.1. The van der Waals surface area contributed by atoms with Gasteiger partial charge in [-0.05, 0) is 11.1 Å². The maximum Gasteiger partial charge on any atom is 0.266 e. The molecule has 2 aromatic carbocycles. The van der Waals surface area contributed by atoms with Crippen LogP contribution in [0.15, 0.2) is 54.6 Å². The Morgan fingerprint density at radius 1 is 1.10 bits per heavy atom. The number of benzene rings is 2. The van der Waals surface area contributed by atoms with Gasteiger partial charge in [-0.1, -0.05) is 54.6 Å². The number of nitrogen functional groups attached to an aromatic ring is 1. The van der Waals surface area contributed by atoms with E-state index in [1.807, 2.05) is 30.3 Å². The van der Waals surface area contributed by atoms with E-state index in [4.69, 9.17) is 15.9 Å². The number of carbonyl (C=O) groups excluding carboxylic acids is 2. The first-order chi connectivity index (χ1) is 14.0. The maximum absolute atomic E-state index is 12.6. The lowest BCUT2D eigenvalue weighted by Crippen LogP contribution is -2.54. The summed E-state index contributed by atoms with van der Waals surface area (Å²) >= 11 is 0. The Morgan fingerprint density at radius 2 is 1.79 bits per heavy atom. The molecule has 0 aromatic heterocycles. The minimum Gasteiger partial charge on any atom is -0.384 e. The minimum absolute atomic E-state index is 0.000951. The molecule has 1 saturated heterocycles. The molecule has 0 spiro atoms. The van der Waals surface area contributed by atoms with E-state index < -0.39 is 6.10 Å². The number of hydrazine groups is 1. The lowest BCUT2D eigenvalue weighted by molar-refractivity contribution is -0.160. The third kappa shape index (κ3) is 5.87. The molecule has 5 N–H and O–H groups in total. The number of morpholine rings is 1. The molecule has 1 atom stereocenters. The molecule has 29 heavy (non-hydrogen) atoms. The highest BCUT2D eigenvalue weighted by Crippen LogP contribution is 2.10. The van der Waals surface area contributed by atoms with E-state index in [1.54, 1.807) is 24.3 Å². The van der Waals surface area contributed by atoms with E-state index in [0.717, 1.165) is 11.1 Å². The van der Waals surface area contributed by atoms with Crippen LogP contribution in [0.3, 0.4) is 0 Å². The molecule has 152 valence electrons. The molecule has 8 heteroatoms. The monoisotopic (exact) mass is 395 g/mol. The van der Waals surface area contributed by atoms with Gasteiger partial charge in [-0.3, -0.25) is 20.0 Å². The van der Waals surface area contributed by atoms with Crippen LogP contribution in [0.25, 0.3) is 0 Å². The van der Waals surface area contributed by atoms with Crippen LogP contribution in [-0.2, 0) is 27.4 Å². The molecular formula is C21H25N5O3. The fraction of sp³-hybridized carbons (Fsp3) is 0.286. The van der Waals surface area contributed by atoms with E-state index in [9.17, 15) is 9.59 Å². The van der Waals surface area contributed by atoms with Crippen LogP contribution >= 0.6 is 0 Å². The summed E-state index contributed by atoms with van der Waals surface area (Å²) in [5.74, 6) is -0.504. The molecule has 8 nitrogen and oxygen atoms in total. The van der Waals surface area contributed by atoms with E-state index in [2.05, 4.69) is 10.7 Å². The highest BCUT2D eigenvalue weighted by atomic mass is 16.5. The van der Waals surface area contributed by atoms with Crippen LogP contribution < -0.4 is 16.5 Å². The quantitative estimate of drug-likeness (QED) is 0.391. The smallest absolute Gasteiger partial charge is 0.266 e. The van der Waals surface area contributed by atoms with Gasteiger partial charge in [0.15, 0.2) is 0 Å². The highest BCUT2D eigenvalue weighted by molar-refractivity contribution is 5.94. The zero-order valence-corrected chi connectivity index (χ0v) is 16.1. The fourth-order valence-electron chi connectivity index (χ4n) is 2.97. The number of amidine groups is 1. The van der Waals surface area contributed by atoms with Crippen molar-refractivity contribution in [3.63, 3.8) is 0 Å². The van der Waals surface area contributed by atoms with Gasteiger partial charge in [-0.15, -0.1) is 0 Å². The molecule has 1 aliphatic rings. The zero-order chi connectivity index (χ0) is 20.6. The number of rotatable bonds is 8. The summed E-state index contributed by atoms with van der Waals surface area (Å²) in [5, 5.41) is 11.7. The van der Waals surface area contributed by atoms with Gasteiger partial charge < -0.3 is 15.8 Å². The Kier molecular flexibility index (Phi) is 6.94.